The molecule has 0 saturated carbocycles. The Bertz CT molecular complexity index is 1170. The van der Waals surface area contributed by atoms with E-state index in [1.165, 1.54) is 4.90 Å². The summed E-state index contributed by atoms with van der Waals surface area (Å²) < 4.78 is 0. The smallest absolute Gasteiger partial charge is 0.261 e. The number of hydrogen-bond acceptors (Lipinski definition) is 4. The largest absolute Gasteiger partial charge is 0.274 e. The van der Waals surface area contributed by atoms with Crippen molar-refractivity contribution in [3.8, 4) is 0 Å². The molecule has 8 heteroatoms. The van der Waals surface area contributed by atoms with Crippen LogP contribution >= 0.6 is 11.6 Å². The highest BCUT2D eigenvalue weighted by atomic mass is 35.5. The van der Waals surface area contributed by atoms with Gasteiger partial charge in [-0.05, 0) is 41.6 Å². The van der Waals surface area contributed by atoms with Gasteiger partial charge >= 0.3 is 0 Å². The van der Waals surface area contributed by atoms with Gasteiger partial charge in [0.25, 0.3) is 11.8 Å². The lowest BCUT2D eigenvalue weighted by Gasteiger charge is -2.27. The van der Waals surface area contributed by atoms with Crippen molar-refractivity contribution in [2.45, 2.75) is 19.3 Å². The van der Waals surface area contributed by atoms with Gasteiger partial charge in [-0.25, -0.2) is 0 Å². The predicted octanol–water partition coefficient (Wildman–Crippen LogP) is 3.26. The molecule has 3 aromatic carbocycles. The molecule has 0 fully saturated rings. The minimum atomic E-state index is -0.408. The first kappa shape index (κ1) is 21.5. The lowest BCUT2D eigenvalue weighted by Crippen LogP contribution is -2.43. The van der Waals surface area contributed by atoms with E-state index in [1.807, 2.05) is 12.1 Å². The van der Waals surface area contributed by atoms with Gasteiger partial charge in [-0.3, -0.25) is 34.9 Å². The number of carbonyl (C=O) groups excluding carboxylic acids is 4. The number of carbonyl (C=O) groups is 4. The number of imide groups is 1. The lowest BCUT2D eigenvalue weighted by molar-refractivity contribution is -0.128. The molecule has 4 rings (SSSR count). The van der Waals surface area contributed by atoms with E-state index in [0.717, 1.165) is 10.9 Å². The average molecular weight is 450 g/mol. The maximum atomic E-state index is 12.8. The molecule has 4 amide bonds. The van der Waals surface area contributed by atoms with Gasteiger partial charge in [0.1, 0.15) is 0 Å². The average Bonchev–Trinajstić information content (AvgIpc) is 2.79. The molecular weight excluding hydrogens is 430 g/mol. The highest BCUT2D eigenvalue weighted by Gasteiger charge is 2.32. The Morgan fingerprint density at radius 1 is 0.812 bits per heavy atom. The molecule has 0 unspecified atom stereocenters. The first-order valence-electron chi connectivity index (χ1n) is 10.1. The Hall–Kier alpha value is -3.71. The van der Waals surface area contributed by atoms with E-state index in [0.29, 0.717) is 21.5 Å². The summed E-state index contributed by atoms with van der Waals surface area (Å²) >= 11 is 5.82. The van der Waals surface area contributed by atoms with Gasteiger partial charge in [0.2, 0.25) is 11.8 Å². The Morgan fingerprint density at radius 2 is 1.41 bits per heavy atom. The van der Waals surface area contributed by atoms with E-state index in [9.17, 15) is 19.2 Å². The van der Waals surface area contributed by atoms with Crippen molar-refractivity contribution in [1.82, 2.24) is 15.8 Å². The molecule has 1 heterocycles. The molecule has 0 atom stereocenters. The quantitative estimate of drug-likeness (QED) is 0.446. The SMILES string of the molecule is O=C(CCCN1C(=O)c2cccc3cccc(c23)C1=O)NNC(=O)Cc1ccc(Cl)cc1. The Labute approximate surface area is 189 Å². The van der Waals surface area contributed by atoms with Crippen molar-refractivity contribution in [3.05, 3.63) is 82.4 Å². The number of nitrogens with one attached hydrogen (secondary N) is 2. The molecule has 7 nitrogen and oxygen atoms in total. The third-order valence-corrected chi connectivity index (χ3v) is 5.51. The highest BCUT2D eigenvalue weighted by Crippen LogP contribution is 2.30. The first-order chi connectivity index (χ1) is 15.4. The second-order valence-electron chi connectivity index (χ2n) is 7.47. The molecule has 2 N–H and O–H groups in total. The summed E-state index contributed by atoms with van der Waals surface area (Å²) in [4.78, 5) is 50.9. The van der Waals surface area contributed by atoms with Crippen LogP contribution in [0.3, 0.4) is 0 Å². The third kappa shape index (κ3) is 4.48. The number of benzene rings is 3. The fraction of sp³-hybridized carbons (Fsp3) is 0.167. The summed E-state index contributed by atoms with van der Waals surface area (Å²) in [7, 11) is 0. The minimum Gasteiger partial charge on any atom is -0.274 e. The minimum absolute atomic E-state index is 0.0458. The van der Waals surface area contributed by atoms with Gasteiger partial charge in [-0.2, -0.15) is 0 Å². The van der Waals surface area contributed by atoms with Gasteiger partial charge in [-0.1, -0.05) is 48.0 Å². The lowest BCUT2D eigenvalue weighted by atomic mass is 9.94. The van der Waals surface area contributed by atoms with Crippen molar-refractivity contribution >= 4 is 46.0 Å². The maximum Gasteiger partial charge on any atom is 0.261 e. The van der Waals surface area contributed by atoms with Crippen molar-refractivity contribution in [2.75, 3.05) is 6.54 Å². The molecule has 1 aliphatic heterocycles. The second kappa shape index (κ2) is 9.20. The molecule has 0 aliphatic carbocycles. The number of halogens is 1. The van der Waals surface area contributed by atoms with Crippen LogP contribution in [0, 0.1) is 0 Å². The van der Waals surface area contributed by atoms with Gasteiger partial charge in [0.05, 0.1) is 6.42 Å². The number of amides is 4. The molecule has 32 heavy (non-hydrogen) atoms. The van der Waals surface area contributed by atoms with E-state index in [2.05, 4.69) is 10.9 Å². The summed E-state index contributed by atoms with van der Waals surface area (Å²) in [5, 5.41) is 2.09. The van der Waals surface area contributed by atoms with E-state index in [-0.39, 0.29) is 43.5 Å². The fourth-order valence-corrected chi connectivity index (χ4v) is 3.84. The summed E-state index contributed by atoms with van der Waals surface area (Å²) in [5.74, 6) is -1.51. The molecule has 162 valence electrons. The van der Waals surface area contributed by atoms with Crippen molar-refractivity contribution in [3.63, 3.8) is 0 Å². The van der Waals surface area contributed by atoms with E-state index in [1.54, 1.807) is 48.5 Å². The molecule has 0 radical (unpaired) electrons. The van der Waals surface area contributed by atoms with Gasteiger partial charge < -0.3 is 0 Å². The van der Waals surface area contributed by atoms with E-state index < -0.39 is 5.91 Å². The zero-order valence-corrected chi connectivity index (χ0v) is 17.8. The fourth-order valence-electron chi connectivity index (χ4n) is 3.72. The molecular formula is C24H20ClN3O4. The molecule has 0 spiro atoms. The summed E-state index contributed by atoms with van der Waals surface area (Å²) in [6.45, 7) is 0.106. The van der Waals surface area contributed by atoms with Crippen molar-refractivity contribution < 1.29 is 19.2 Å². The van der Waals surface area contributed by atoms with Crippen LogP contribution in [-0.4, -0.2) is 35.1 Å². The van der Waals surface area contributed by atoms with Gasteiger partial charge in [0, 0.05) is 34.5 Å². The number of hydrazine groups is 1. The van der Waals surface area contributed by atoms with E-state index >= 15 is 0 Å². The summed E-state index contributed by atoms with van der Waals surface area (Å²) in [6.07, 6.45) is 0.415. The van der Waals surface area contributed by atoms with Crippen LogP contribution in [0.25, 0.3) is 10.8 Å². The first-order valence-corrected chi connectivity index (χ1v) is 10.5. The molecule has 3 aromatic rings. The highest BCUT2D eigenvalue weighted by molar-refractivity contribution is 6.30. The zero-order chi connectivity index (χ0) is 22.7. The molecule has 0 aromatic heterocycles. The predicted molar refractivity (Wildman–Crippen MR) is 120 cm³/mol. The van der Waals surface area contributed by atoms with Crippen LogP contribution in [0.1, 0.15) is 39.1 Å². The van der Waals surface area contributed by atoms with Crippen LogP contribution < -0.4 is 10.9 Å². The second-order valence-corrected chi connectivity index (χ2v) is 7.91. The molecule has 1 aliphatic rings. The monoisotopic (exact) mass is 449 g/mol. The van der Waals surface area contributed by atoms with Crippen LogP contribution in [-0.2, 0) is 16.0 Å². The van der Waals surface area contributed by atoms with Crippen LogP contribution in [0.2, 0.25) is 5.02 Å². The third-order valence-electron chi connectivity index (χ3n) is 5.26. The molecule has 0 saturated heterocycles. The van der Waals surface area contributed by atoms with Crippen LogP contribution in [0.15, 0.2) is 60.7 Å². The number of nitrogens with zero attached hydrogens (tertiary/aromatic N) is 1. The Balaban J connectivity index is 1.28. The topological polar surface area (TPSA) is 95.6 Å². The standard InChI is InChI=1S/C24H20ClN3O4/c25-17-11-9-15(10-12-17)14-21(30)27-26-20(29)8-3-13-28-23(31)18-6-1-4-16-5-2-7-19(22(16)18)24(28)32/h1-2,4-7,9-12H,3,8,13-14H2,(H,26,29)(H,27,30). The van der Waals surface area contributed by atoms with Crippen LogP contribution in [0.4, 0.5) is 0 Å². The van der Waals surface area contributed by atoms with Crippen molar-refractivity contribution in [2.24, 2.45) is 0 Å². The van der Waals surface area contributed by atoms with Gasteiger partial charge in [0.15, 0.2) is 0 Å². The number of hydrogen-bond donors (Lipinski definition) is 2. The number of rotatable bonds is 6. The van der Waals surface area contributed by atoms with Gasteiger partial charge in [-0.15, -0.1) is 0 Å². The Kier molecular flexibility index (Phi) is 6.18. The van der Waals surface area contributed by atoms with Crippen LogP contribution in [0.5, 0.6) is 0 Å². The summed E-state index contributed by atoms with van der Waals surface area (Å²) in [6, 6.07) is 17.5. The molecule has 0 bridgehead atoms. The van der Waals surface area contributed by atoms with Crippen molar-refractivity contribution in [1.29, 1.82) is 0 Å². The normalized spacial score (nSPS) is 12.7. The Morgan fingerprint density at radius 3 is 2.03 bits per heavy atom. The maximum absolute atomic E-state index is 12.8. The zero-order valence-electron chi connectivity index (χ0n) is 17.1. The summed E-state index contributed by atoms with van der Waals surface area (Å²) in [5.41, 5.74) is 6.44. The van der Waals surface area contributed by atoms with E-state index in [4.69, 9.17) is 11.6 Å².